The molecule has 2 N–H and O–H groups in total. The molecule has 1 amide bonds. The van der Waals surface area contributed by atoms with Gasteiger partial charge >= 0.3 is 0 Å². The number of benzene rings is 1. The van der Waals surface area contributed by atoms with Crippen LogP contribution in [0.1, 0.15) is 36.8 Å². The number of aliphatic hydroxyl groups excluding tert-OH is 1. The lowest BCUT2D eigenvalue weighted by atomic mass is 9.93. The Hall–Kier alpha value is -2.12. The molecule has 1 aromatic rings. The van der Waals surface area contributed by atoms with Crippen LogP contribution in [0.3, 0.4) is 0 Å². The molecule has 2 rings (SSSR count). The Kier molecular flexibility index (Phi) is 4.91. The number of nitrogens with zero attached hydrogens (tertiary/aromatic N) is 1. The van der Waals surface area contributed by atoms with E-state index in [0.717, 1.165) is 31.2 Å². The van der Waals surface area contributed by atoms with Crippen molar-refractivity contribution in [3.63, 3.8) is 0 Å². The van der Waals surface area contributed by atoms with Crippen molar-refractivity contribution in [1.29, 1.82) is 5.26 Å². The summed E-state index contributed by atoms with van der Waals surface area (Å²) in [6.07, 6.45) is 6.12. The second-order valence-electron chi connectivity index (χ2n) is 5.08. The van der Waals surface area contributed by atoms with Gasteiger partial charge in [0.1, 0.15) is 0 Å². The zero-order chi connectivity index (χ0) is 14.4. The van der Waals surface area contributed by atoms with Crippen LogP contribution in [0, 0.1) is 11.3 Å². The van der Waals surface area contributed by atoms with Crippen LogP contribution in [0.2, 0.25) is 0 Å². The lowest BCUT2D eigenvalue weighted by Crippen LogP contribution is -2.37. The summed E-state index contributed by atoms with van der Waals surface area (Å²) < 4.78 is 0. The Morgan fingerprint density at radius 2 is 2.10 bits per heavy atom. The fourth-order valence-electron chi connectivity index (χ4n) is 2.35. The van der Waals surface area contributed by atoms with Gasteiger partial charge in [-0.25, -0.2) is 0 Å². The molecule has 1 fully saturated rings. The van der Waals surface area contributed by atoms with Gasteiger partial charge in [0, 0.05) is 12.1 Å². The molecule has 1 aromatic carbocycles. The molecule has 0 atom stereocenters. The molecule has 0 spiro atoms. The number of rotatable bonds is 3. The maximum atomic E-state index is 11.8. The van der Waals surface area contributed by atoms with Crippen molar-refractivity contribution in [1.82, 2.24) is 5.32 Å². The van der Waals surface area contributed by atoms with Crippen LogP contribution < -0.4 is 5.32 Å². The summed E-state index contributed by atoms with van der Waals surface area (Å²) in [5.74, 6) is -0.131. The summed E-state index contributed by atoms with van der Waals surface area (Å²) in [5, 5.41) is 21.1. The topological polar surface area (TPSA) is 73.1 Å². The Morgan fingerprint density at radius 3 is 2.80 bits per heavy atom. The van der Waals surface area contributed by atoms with Crippen molar-refractivity contribution in [2.75, 3.05) is 0 Å². The van der Waals surface area contributed by atoms with Gasteiger partial charge in [-0.05, 0) is 49.5 Å². The summed E-state index contributed by atoms with van der Waals surface area (Å²) in [6.45, 7) is 0. The van der Waals surface area contributed by atoms with Crippen molar-refractivity contribution in [2.24, 2.45) is 0 Å². The van der Waals surface area contributed by atoms with E-state index in [0.29, 0.717) is 5.56 Å². The van der Waals surface area contributed by atoms with Crippen molar-refractivity contribution >= 4 is 12.0 Å². The lowest BCUT2D eigenvalue weighted by molar-refractivity contribution is -0.117. The summed E-state index contributed by atoms with van der Waals surface area (Å²) in [6, 6.07) is 9.32. The van der Waals surface area contributed by atoms with Gasteiger partial charge in [-0.2, -0.15) is 5.26 Å². The number of nitriles is 1. The zero-order valence-corrected chi connectivity index (χ0v) is 11.2. The summed E-state index contributed by atoms with van der Waals surface area (Å²) in [7, 11) is 0. The molecule has 0 aliphatic heterocycles. The van der Waals surface area contributed by atoms with E-state index in [4.69, 9.17) is 5.26 Å². The minimum Gasteiger partial charge on any atom is -0.393 e. The van der Waals surface area contributed by atoms with Crippen LogP contribution in [0.5, 0.6) is 0 Å². The molecule has 1 aliphatic carbocycles. The van der Waals surface area contributed by atoms with Gasteiger partial charge in [0.15, 0.2) is 0 Å². The molecule has 4 nitrogen and oxygen atoms in total. The van der Waals surface area contributed by atoms with Gasteiger partial charge in [-0.3, -0.25) is 4.79 Å². The fraction of sp³-hybridized carbons (Fsp3) is 0.375. The predicted molar refractivity (Wildman–Crippen MR) is 76.6 cm³/mol. The van der Waals surface area contributed by atoms with Crippen LogP contribution >= 0.6 is 0 Å². The third-order valence-electron chi connectivity index (χ3n) is 3.49. The van der Waals surface area contributed by atoms with E-state index in [1.165, 1.54) is 6.08 Å². The molecule has 0 unspecified atom stereocenters. The van der Waals surface area contributed by atoms with E-state index in [1.54, 1.807) is 24.3 Å². The third kappa shape index (κ3) is 4.22. The molecule has 0 heterocycles. The molecular formula is C16H18N2O2. The molecule has 0 radical (unpaired) electrons. The Morgan fingerprint density at radius 1 is 1.35 bits per heavy atom. The molecule has 0 bridgehead atoms. The van der Waals surface area contributed by atoms with E-state index in [9.17, 15) is 9.90 Å². The van der Waals surface area contributed by atoms with Gasteiger partial charge in [0.2, 0.25) is 5.91 Å². The highest BCUT2D eigenvalue weighted by Crippen LogP contribution is 2.18. The van der Waals surface area contributed by atoms with Gasteiger partial charge in [-0.1, -0.05) is 12.1 Å². The Balaban J connectivity index is 1.87. The molecule has 20 heavy (non-hydrogen) atoms. The summed E-state index contributed by atoms with van der Waals surface area (Å²) in [5.41, 5.74) is 1.41. The van der Waals surface area contributed by atoms with Crippen LogP contribution in [-0.4, -0.2) is 23.2 Å². The standard InChI is InChI=1S/C16H18N2O2/c17-11-13-3-1-2-12(10-13)4-9-16(20)18-14-5-7-15(19)8-6-14/h1-4,9-10,14-15,19H,5-8H2,(H,18,20)/b9-4+. The maximum absolute atomic E-state index is 11.8. The molecule has 1 saturated carbocycles. The Labute approximate surface area is 118 Å². The molecule has 0 saturated heterocycles. The second-order valence-corrected chi connectivity index (χ2v) is 5.08. The molecule has 1 aliphatic rings. The quantitative estimate of drug-likeness (QED) is 0.825. The highest BCUT2D eigenvalue weighted by Gasteiger charge is 2.19. The first-order valence-corrected chi connectivity index (χ1v) is 6.84. The second kappa shape index (κ2) is 6.88. The van der Waals surface area contributed by atoms with Crippen LogP contribution in [0.25, 0.3) is 6.08 Å². The maximum Gasteiger partial charge on any atom is 0.244 e. The average Bonchev–Trinajstić information content (AvgIpc) is 2.48. The zero-order valence-electron chi connectivity index (χ0n) is 11.2. The van der Waals surface area contributed by atoms with Crippen molar-refractivity contribution in [3.05, 3.63) is 41.5 Å². The third-order valence-corrected chi connectivity index (χ3v) is 3.49. The number of hydrogen-bond acceptors (Lipinski definition) is 3. The number of amides is 1. The van der Waals surface area contributed by atoms with E-state index < -0.39 is 0 Å². The van der Waals surface area contributed by atoms with Gasteiger partial charge < -0.3 is 10.4 Å². The first-order valence-electron chi connectivity index (χ1n) is 6.84. The van der Waals surface area contributed by atoms with Gasteiger partial charge in [-0.15, -0.1) is 0 Å². The van der Waals surface area contributed by atoms with Crippen LogP contribution in [0.15, 0.2) is 30.3 Å². The van der Waals surface area contributed by atoms with E-state index in [1.807, 2.05) is 6.07 Å². The van der Waals surface area contributed by atoms with Crippen molar-refractivity contribution < 1.29 is 9.90 Å². The molecular weight excluding hydrogens is 252 g/mol. The normalized spacial score (nSPS) is 22.4. The monoisotopic (exact) mass is 270 g/mol. The molecule has 0 aromatic heterocycles. The van der Waals surface area contributed by atoms with Crippen molar-refractivity contribution in [2.45, 2.75) is 37.8 Å². The smallest absolute Gasteiger partial charge is 0.244 e. The number of carbonyl (C=O) groups excluding carboxylic acids is 1. The first-order chi connectivity index (χ1) is 9.67. The number of hydrogen-bond donors (Lipinski definition) is 2. The highest BCUT2D eigenvalue weighted by molar-refractivity contribution is 5.91. The lowest BCUT2D eigenvalue weighted by Gasteiger charge is -2.25. The molecule has 104 valence electrons. The fourth-order valence-corrected chi connectivity index (χ4v) is 2.35. The van der Waals surface area contributed by atoms with Gasteiger partial charge in [0.05, 0.1) is 17.7 Å². The molecule has 4 heteroatoms. The van der Waals surface area contributed by atoms with E-state index >= 15 is 0 Å². The summed E-state index contributed by atoms with van der Waals surface area (Å²) >= 11 is 0. The number of carbonyl (C=O) groups is 1. The first kappa shape index (κ1) is 14.3. The largest absolute Gasteiger partial charge is 0.393 e. The Bertz CT molecular complexity index is 538. The van der Waals surface area contributed by atoms with Crippen LogP contribution in [-0.2, 0) is 4.79 Å². The SMILES string of the molecule is N#Cc1cccc(/C=C/C(=O)NC2CCC(O)CC2)c1. The van der Waals surface area contributed by atoms with E-state index in [2.05, 4.69) is 11.4 Å². The van der Waals surface area contributed by atoms with E-state index in [-0.39, 0.29) is 18.1 Å². The summed E-state index contributed by atoms with van der Waals surface area (Å²) in [4.78, 5) is 11.8. The minimum absolute atomic E-state index is 0.131. The van der Waals surface area contributed by atoms with Crippen molar-refractivity contribution in [3.8, 4) is 6.07 Å². The average molecular weight is 270 g/mol. The minimum atomic E-state index is -0.215. The van der Waals surface area contributed by atoms with Crippen LogP contribution in [0.4, 0.5) is 0 Å². The predicted octanol–water partition coefficient (Wildman–Crippen LogP) is 1.99. The van der Waals surface area contributed by atoms with Gasteiger partial charge in [0.25, 0.3) is 0 Å². The number of aliphatic hydroxyl groups is 1. The number of nitrogens with one attached hydrogen (secondary N) is 1. The highest BCUT2D eigenvalue weighted by atomic mass is 16.3.